The average molecular weight is 413 g/mol. The van der Waals surface area contributed by atoms with Gasteiger partial charge in [-0.2, -0.15) is 0 Å². The van der Waals surface area contributed by atoms with Crippen molar-refractivity contribution in [2.75, 3.05) is 20.1 Å². The van der Waals surface area contributed by atoms with Gasteiger partial charge in [0.25, 0.3) is 0 Å². The Bertz CT molecular complexity index is 1110. The number of imidazole rings is 2. The van der Waals surface area contributed by atoms with E-state index in [-0.39, 0.29) is 11.9 Å². The van der Waals surface area contributed by atoms with Gasteiger partial charge in [-0.05, 0) is 19.9 Å². The predicted molar refractivity (Wildman–Crippen MR) is 112 cm³/mol. The molecular formula is C19H20N6OS2. The second-order valence-corrected chi connectivity index (χ2v) is 8.64. The molecule has 28 heavy (non-hydrogen) atoms. The molecule has 0 aliphatic carbocycles. The van der Waals surface area contributed by atoms with Crippen LogP contribution < -0.4 is 5.32 Å². The number of likely N-dealkylation sites (N-methyl/N-ethyl adjacent to an activating group) is 1. The van der Waals surface area contributed by atoms with Crippen LogP contribution in [0.4, 0.5) is 0 Å². The lowest BCUT2D eigenvalue weighted by Gasteiger charge is -2.23. The van der Waals surface area contributed by atoms with E-state index in [1.165, 1.54) is 20.5 Å². The van der Waals surface area contributed by atoms with Gasteiger partial charge < -0.3 is 20.2 Å². The quantitative estimate of drug-likeness (QED) is 0.467. The highest BCUT2D eigenvalue weighted by Gasteiger charge is 2.31. The van der Waals surface area contributed by atoms with Crippen molar-refractivity contribution in [1.29, 1.82) is 0 Å². The van der Waals surface area contributed by atoms with Gasteiger partial charge in [-0.3, -0.25) is 4.79 Å². The van der Waals surface area contributed by atoms with E-state index in [0.717, 1.165) is 36.6 Å². The van der Waals surface area contributed by atoms with E-state index in [4.69, 9.17) is 0 Å². The first kappa shape index (κ1) is 17.6. The first-order valence-corrected chi connectivity index (χ1v) is 11.0. The summed E-state index contributed by atoms with van der Waals surface area (Å²) >= 11 is 3.47. The van der Waals surface area contributed by atoms with Crippen LogP contribution in [0.25, 0.3) is 31.9 Å². The van der Waals surface area contributed by atoms with E-state index in [1.807, 2.05) is 17.3 Å². The maximum Gasteiger partial charge on any atom is 0.237 e. The SMILES string of the molecule is CNCC(=O)N1CCC[C@H]1c1ncc(-c2csc3c(-c4cnc[nH]4)csc23)[nH]1. The van der Waals surface area contributed by atoms with Crippen molar-refractivity contribution in [1.82, 2.24) is 30.2 Å². The molecule has 1 aliphatic rings. The van der Waals surface area contributed by atoms with Gasteiger partial charge in [0.05, 0.1) is 52.1 Å². The van der Waals surface area contributed by atoms with Gasteiger partial charge in [0.15, 0.2) is 0 Å². The molecule has 0 unspecified atom stereocenters. The molecule has 9 heteroatoms. The summed E-state index contributed by atoms with van der Waals surface area (Å²) < 4.78 is 2.51. The summed E-state index contributed by atoms with van der Waals surface area (Å²) in [5, 5.41) is 7.30. The van der Waals surface area contributed by atoms with Gasteiger partial charge in [-0.15, -0.1) is 22.7 Å². The monoisotopic (exact) mass is 412 g/mol. The molecule has 0 radical (unpaired) electrons. The molecule has 1 atom stereocenters. The van der Waals surface area contributed by atoms with Crippen molar-refractivity contribution in [3.05, 3.63) is 35.3 Å². The van der Waals surface area contributed by atoms with Crippen LogP contribution in [0.2, 0.25) is 0 Å². The number of nitrogens with one attached hydrogen (secondary N) is 3. The van der Waals surface area contributed by atoms with Crippen LogP contribution in [0.5, 0.6) is 0 Å². The summed E-state index contributed by atoms with van der Waals surface area (Å²) in [6.07, 6.45) is 7.41. The van der Waals surface area contributed by atoms with Crippen LogP contribution in [0.3, 0.4) is 0 Å². The van der Waals surface area contributed by atoms with E-state index in [2.05, 4.69) is 36.0 Å². The summed E-state index contributed by atoms with van der Waals surface area (Å²) in [7, 11) is 1.80. The zero-order chi connectivity index (χ0) is 19.1. The lowest BCUT2D eigenvalue weighted by Crippen LogP contribution is -2.37. The first-order valence-electron chi connectivity index (χ1n) is 9.23. The third-order valence-corrected chi connectivity index (χ3v) is 7.33. The van der Waals surface area contributed by atoms with Crippen LogP contribution in [0.1, 0.15) is 24.7 Å². The lowest BCUT2D eigenvalue weighted by atomic mass is 10.2. The van der Waals surface area contributed by atoms with Crippen molar-refractivity contribution in [2.45, 2.75) is 18.9 Å². The number of H-pyrrole nitrogens is 2. The zero-order valence-electron chi connectivity index (χ0n) is 15.4. The van der Waals surface area contributed by atoms with E-state index >= 15 is 0 Å². The fourth-order valence-corrected chi connectivity index (χ4v) is 6.27. The molecule has 1 amide bonds. The second kappa shape index (κ2) is 7.16. The topological polar surface area (TPSA) is 89.7 Å². The highest BCUT2D eigenvalue weighted by atomic mass is 32.1. The minimum atomic E-state index is 0.0348. The molecule has 0 saturated carbocycles. The van der Waals surface area contributed by atoms with Crippen molar-refractivity contribution in [3.8, 4) is 22.5 Å². The van der Waals surface area contributed by atoms with Crippen LogP contribution in [-0.4, -0.2) is 50.9 Å². The largest absolute Gasteiger partial charge is 0.345 e. The van der Waals surface area contributed by atoms with Gasteiger partial charge in [-0.1, -0.05) is 0 Å². The molecule has 7 nitrogen and oxygen atoms in total. The van der Waals surface area contributed by atoms with Crippen molar-refractivity contribution in [3.63, 3.8) is 0 Å². The molecule has 144 valence electrons. The van der Waals surface area contributed by atoms with Gasteiger partial charge in [0, 0.05) is 28.4 Å². The number of fused-ring (bicyclic) bond motifs is 1. The van der Waals surface area contributed by atoms with Crippen molar-refractivity contribution in [2.24, 2.45) is 0 Å². The van der Waals surface area contributed by atoms with Gasteiger partial charge in [0.2, 0.25) is 5.91 Å². The number of amides is 1. The predicted octanol–water partition coefficient (Wildman–Crippen LogP) is 3.63. The number of carbonyl (C=O) groups is 1. The number of hydrogen-bond acceptors (Lipinski definition) is 6. The molecule has 4 aromatic heterocycles. The third kappa shape index (κ3) is 2.86. The molecule has 4 aromatic rings. The number of aromatic amines is 2. The number of carbonyl (C=O) groups excluding carboxylic acids is 1. The van der Waals surface area contributed by atoms with E-state index in [0.29, 0.717) is 6.54 Å². The summed E-state index contributed by atoms with van der Waals surface area (Å²) in [6.45, 7) is 1.16. The summed E-state index contributed by atoms with van der Waals surface area (Å²) in [6, 6.07) is 0.0348. The number of nitrogens with zero attached hydrogens (tertiary/aromatic N) is 3. The maximum atomic E-state index is 12.4. The Labute approximate surface area is 169 Å². The lowest BCUT2D eigenvalue weighted by molar-refractivity contribution is -0.131. The Balaban J connectivity index is 1.46. The standard InChI is InChI=1S/C19H20N6OS2/c1-20-7-16(26)25-4-2-3-15(25)19-22-6-14(24-19)12-9-28-17-11(8-27-18(12)17)13-5-21-10-23-13/h5-6,8-10,15,20H,2-4,7H2,1H3,(H,21,23)(H,22,24)/t15-/m0/s1. The van der Waals surface area contributed by atoms with Crippen LogP contribution in [-0.2, 0) is 4.79 Å². The molecule has 0 aromatic carbocycles. The minimum absolute atomic E-state index is 0.0348. The van der Waals surface area contributed by atoms with Gasteiger partial charge in [-0.25, -0.2) is 9.97 Å². The Morgan fingerprint density at radius 3 is 2.75 bits per heavy atom. The molecular weight excluding hydrogens is 392 g/mol. The molecule has 5 heterocycles. The van der Waals surface area contributed by atoms with E-state index in [9.17, 15) is 4.79 Å². The fraction of sp³-hybridized carbons (Fsp3) is 0.316. The maximum absolute atomic E-state index is 12.4. The Hall–Kier alpha value is -2.49. The normalized spacial score (nSPS) is 17.0. The highest BCUT2D eigenvalue weighted by Crippen LogP contribution is 2.43. The summed E-state index contributed by atoms with van der Waals surface area (Å²) in [5.74, 6) is 1.00. The Morgan fingerprint density at radius 1 is 1.25 bits per heavy atom. The van der Waals surface area contributed by atoms with Gasteiger partial charge >= 0.3 is 0 Å². The number of rotatable bonds is 5. The molecule has 0 bridgehead atoms. The van der Waals surface area contributed by atoms with Crippen molar-refractivity contribution < 1.29 is 4.79 Å². The number of aromatic nitrogens is 4. The Morgan fingerprint density at radius 2 is 2.04 bits per heavy atom. The first-order chi connectivity index (χ1) is 13.8. The molecule has 5 rings (SSSR count). The number of hydrogen-bond donors (Lipinski definition) is 3. The summed E-state index contributed by atoms with van der Waals surface area (Å²) in [5.41, 5.74) is 4.40. The van der Waals surface area contributed by atoms with E-state index < -0.39 is 0 Å². The zero-order valence-corrected chi connectivity index (χ0v) is 17.0. The van der Waals surface area contributed by atoms with Crippen LogP contribution in [0.15, 0.2) is 29.5 Å². The van der Waals surface area contributed by atoms with Crippen LogP contribution >= 0.6 is 22.7 Å². The second-order valence-electron chi connectivity index (χ2n) is 6.88. The van der Waals surface area contributed by atoms with Crippen molar-refractivity contribution >= 4 is 38.0 Å². The minimum Gasteiger partial charge on any atom is -0.345 e. The molecule has 3 N–H and O–H groups in total. The third-order valence-electron chi connectivity index (χ3n) is 5.18. The van der Waals surface area contributed by atoms with E-state index in [1.54, 1.807) is 36.0 Å². The highest BCUT2D eigenvalue weighted by molar-refractivity contribution is 7.27. The molecule has 1 saturated heterocycles. The Kier molecular flexibility index (Phi) is 4.50. The number of likely N-dealkylation sites (tertiary alicyclic amines) is 1. The van der Waals surface area contributed by atoms with Crippen LogP contribution in [0, 0.1) is 0 Å². The fourth-order valence-electron chi connectivity index (χ4n) is 3.84. The molecule has 0 spiro atoms. The van der Waals surface area contributed by atoms with Gasteiger partial charge in [0.1, 0.15) is 5.82 Å². The number of thiophene rings is 2. The molecule has 1 fully saturated rings. The molecule has 1 aliphatic heterocycles. The smallest absolute Gasteiger partial charge is 0.237 e. The average Bonchev–Trinajstić information content (AvgIpc) is 3.50. The summed E-state index contributed by atoms with van der Waals surface area (Å²) in [4.78, 5) is 29.7.